The Hall–Kier alpha value is -3.74. The molecule has 1 aromatic carbocycles. The zero-order valence-corrected chi connectivity index (χ0v) is 14.2. The Bertz CT molecular complexity index is 1080. The first-order valence-corrected chi connectivity index (χ1v) is 8.52. The van der Waals surface area contributed by atoms with E-state index in [0.29, 0.717) is 18.0 Å². The van der Waals surface area contributed by atoms with Crippen LogP contribution in [-0.4, -0.2) is 30.7 Å². The average molecular weight is 357 g/mol. The Morgan fingerprint density at radius 2 is 2.07 bits per heavy atom. The number of aromatic amines is 1. The van der Waals surface area contributed by atoms with Gasteiger partial charge in [-0.15, -0.1) is 0 Å². The first kappa shape index (κ1) is 15.5. The van der Waals surface area contributed by atoms with Crippen LogP contribution in [0.2, 0.25) is 0 Å². The van der Waals surface area contributed by atoms with E-state index < -0.39 is 0 Å². The molecule has 7 nitrogen and oxygen atoms in total. The van der Waals surface area contributed by atoms with Gasteiger partial charge in [0.15, 0.2) is 12.2 Å². The molecule has 0 spiro atoms. The number of pyridine rings is 1. The van der Waals surface area contributed by atoms with Gasteiger partial charge in [-0.1, -0.05) is 18.2 Å². The van der Waals surface area contributed by atoms with Gasteiger partial charge in [0.2, 0.25) is 0 Å². The summed E-state index contributed by atoms with van der Waals surface area (Å²) in [5.41, 5.74) is 4.65. The second kappa shape index (κ2) is 6.21. The van der Waals surface area contributed by atoms with Gasteiger partial charge in [0, 0.05) is 18.9 Å². The smallest absolute Gasteiger partial charge is 0.273 e. The lowest BCUT2D eigenvalue weighted by Crippen LogP contribution is -2.30. The summed E-state index contributed by atoms with van der Waals surface area (Å²) in [6, 6.07) is 9.81. The molecule has 0 saturated carbocycles. The van der Waals surface area contributed by atoms with Crippen LogP contribution in [0.25, 0.3) is 11.1 Å². The van der Waals surface area contributed by atoms with Gasteiger partial charge >= 0.3 is 0 Å². The van der Waals surface area contributed by atoms with Crippen molar-refractivity contribution in [2.45, 2.75) is 12.6 Å². The first-order valence-electron chi connectivity index (χ1n) is 8.52. The zero-order chi connectivity index (χ0) is 18.2. The quantitative estimate of drug-likeness (QED) is 0.608. The lowest BCUT2D eigenvalue weighted by atomic mass is 9.98. The molecule has 27 heavy (non-hydrogen) atoms. The molecule has 1 atom stereocenters. The number of fused-ring (bicyclic) bond motifs is 1. The van der Waals surface area contributed by atoms with Crippen molar-refractivity contribution in [1.29, 1.82) is 0 Å². The third kappa shape index (κ3) is 2.60. The number of rotatable bonds is 3. The maximum atomic E-state index is 13.0. The van der Waals surface area contributed by atoms with Gasteiger partial charge in [-0.05, 0) is 34.4 Å². The van der Waals surface area contributed by atoms with E-state index in [1.165, 1.54) is 18.9 Å². The molecular formula is C20H15N5O2. The number of oxazole rings is 1. The number of carbonyl (C=O) groups is 1. The Morgan fingerprint density at radius 1 is 1.11 bits per heavy atom. The average Bonchev–Trinajstić information content (AvgIpc) is 3.47. The summed E-state index contributed by atoms with van der Waals surface area (Å²) in [6.45, 7) is 0.479. The minimum atomic E-state index is -0.318. The molecule has 1 aliphatic heterocycles. The van der Waals surface area contributed by atoms with Crippen LogP contribution in [0.3, 0.4) is 0 Å². The van der Waals surface area contributed by atoms with E-state index in [9.17, 15) is 4.79 Å². The van der Waals surface area contributed by atoms with E-state index >= 15 is 0 Å². The van der Waals surface area contributed by atoms with Gasteiger partial charge in [-0.3, -0.25) is 9.78 Å². The number of H-pyrrole nitrogens is 1. The Balaban J connectivity index is 1.58. The Kier molecular flexibility index (Phi) is 3.57. The standard InChI is InChI=1S/C20H15N5O2/c26-20(17-8-22-11-24-17)25-10-15-6-13(14-2-1-5-21-7-14)3-4-16(15)19(25)18-9-23-12-27-18/h1-9,11-12,19H,10H2,(H,22,24). The number of nitrogens with one attached hydrogen (secondary N) is 1. The lowest BCUT2D eigenvalue weighted by Gasteiger charge is -2.22. The highest BCUT2D eigenvalue weighted by atomic mass is 16.3. The number of hydrogen-bond donors (Lipinski definition) is 1. The molecule has 1 amide bonds. The predicted octanol–water partition coefficient (Wildman–Crippen LogP) is 3.21. The Labute approximate surface area is 154 Å². The molecule has 132 valence electrons. The van der Waals surface area contributed by atoms with E-state index in [4.69, 9.17) is 4.42 Å². The third-order valence-corrected chi connectivity index (χ3v) is 4.80. The number of benzene rings is 1. The van der Waals surface area contributed by atoms with Gasteiger partial charge in [0.1, 0.15) is 11.7 Å². The third-order valence-electron chi connectivity index (χ3n) is 4.80. The predicted molar refractivity (Wildman–Crippen MR) is 96.5 cm³/mol. The largest absolute Gasteiger partial charge is 0.446 e. The summed E-state index contributed by atoms with van der Waals surface area (Å²) in [6.07, 6.45) is 9.65. The number of aromatic nitrogens is 4. The summed E-state index contributed by atoms with van der Waals surface area (Å²) in [5, 5.41) is 0. The molecule has 0 radical (unpaired) electrons. The van der Waals surface area contributed by atoms with Gasteiger partial charge in [0.25, 0.3) is 5.91 Å². The second-order valence-corrected chi connectivity index (χ2v) is 6.36. The van der Waals surface area contributed by atoms with Gasteiger partial charge in [-0.25, -0.2) is 9.97 Å². The van der Waals surface area contributed by atoms with Crippen LogP contribution in [0.4, 0.5) is 0 Å². The van der Waals surface area contributed by atoms with Crippen LogP contribution in [0, 0.1) is 0 Å². The summed E-state index contributed by atoms with van der Waals surface area (Å²) in [7, 11) is 0. The fraction of sp³-hybridized carbons (Fsp3) is 0.100. The van der Waals surface area contributed by atoms with Crippen molar-refractivity contribution in [3.05, 3.63) is 90.4 Å². The van der Waals surface area contributed by atoms with Crippen molar-refractivity contribution in [1.82, 2.24) is 24.8 Å². The maximum Gasteiger partial charge on any atom is 0.273 e. The molecule has 4 heterocycles. The van der Waals surface area contributed by atoms with Crippen LogP contribution in [0.1, 0.15) is 33.4 Å². The van der Waals surface area contributed by atoms with E-state index in [1.807, 2.05) is 30.5 Å². The molecule has 0 bridgehead atoms. The number of hydrogen-bond acceptors (Lipinski definition) is 5. The number of imidazole rings is 1. The molecule has 0 fully saturated rings. The fourth-order valence-electron chi connectivity index (χ4n) is 3.55. The molecule has 1 N–H and O–H groups in total. The van der Waals surface area contributed by atoms with Gasteiger partial charge in [-0.2, -0.15) is 0 Å². The first-order chi connectivity index (χ1) is 13.3. The second-order valence-electron chi connectivity index (χ2n) is 6.36. The number of nitrogens with zero attached hydrogens (tertiary/aromatic N) is 4. The van der Waals surface area contributed by atoms with Crippen molar-refractivity contribution in [2.75, 3.05) is 0 Å². The molecule has 0 aliphatic carbocycles. The molecule has 0 saturated heterocycles. The maximum absolute atomic E-state index is 13.0. The zero-order valence-electron chi connectivity index (χ0n) is 14.2. The summed E-state index contributed by atoms with van der Waals surface area (Å²) in [4.78, 5) is 29.9. The van der Waals surface area contributed by atoms with Crippen LogP contribution in [-0.2, 0) is 6.54 Å². The minimum Gasteiger partial charge on any atom is -0.446 e. The normalized spacial score (nSPS) is 15.7. The Morgan fingerprint density at radius 3 is 2.81 bits per heavy atom. The van der Waals surface area contributed by atoms with Crippen molar-refractivity contribution < 1.29 is 9.21 Å². The topological polar surface area (TPSA) is 87.9 Å². The van der Waals surface area contributed by atoms with E-state index in [2.05, 4.69) is 26.0 Å². The molecule has 3 aromatic heterocycles. The van der Waals surface area contributed by atoms with E-state index in [1.54, 1.807) is 17.3 Å². The van der Waals surface area contributed by atoms with Crippen molar-refractivity contribution in [3.63, 3.8) is 0 Å². The van der Waals surface area contributed by atoms with Gasteiger partial charge < -0.3 is 14.3 Å². The van der Waals surface area contributed by atoms with Crippen molar-refractivity contribution in [2.24, 2.45) is 0 Å². The molecule has 7 heteroatoms. The monoisotopic (exact) mass is 357 g/mol. The van der Waals surface area contributed by atoms with E-state index in [0.717, 1.165) is 22.3 Å². The van der Waals surface area contributed by atoms with Crippen LogP contribution >= 0.6 is 0 Å². The number of carbonyl (C=O) groups excluding carboxylic acids is 1. The highest BCUT2D eigenvalue weighted by molar-refractivity contribution is 5.93. The van der Waals surface area contributed by atoms with Crippen LogP contribution in [0.15, 0.2) is 72.3 Å². The summed E-state index contributed by atoms with van der Waals surface area (Å²) < 4.78 is 5.55. The molecule has 5 rings (SSSR count). The van der Waals surface area contributed by atoms with Gasteiger partial charge in [0.05, 0.1) is 18.7 Å². The highest BCUT2D eigenvalue weighted by Crippen LogP contribution is 2.40. The summed E-state index contributed by atoms with van der Waals surface area (Å²) >= 11 is 0. The lowest BCUT2D eigenvalue weighted by molar-refractivity contribution is 0.0698. The fourth-order valence-corrected chi connectivity index (χ4v) is 3.55. The molecule has 1 unspecified atom stereocenters. The molecule has 1 aliphatic rings. The minimum absolute atomic E-state index is 0.131. The van der Waals surface area contributed by atoms with Crippen LogP contribution < -0.4 is 0 Å². The number of amides is 1. The van der Waals surface area contributed by atoms with E-state index in [-0.39, 0.29) is 11.9 Å². The summed E-state index contributed by atoms with van der Waals surface area (Å²) in [5.74, 6) is 0.503. The van der Waals surface area contributed by atoms with Crippen molar-refractivity contribution >= 4 is 5.91 Å². The SMILES string of the molecule is O=C(c1cnc[nH]1)N1Cc2cc(-c3cccnc3)ccc2C1c1cnco1. The molecular weight excluding hydrogens is 342 g/mol. The molecule has 4 aromatic rings. The highest BCUT2D eigenvalue weighted by Gasteiger charge is 2.37. The van der Waals surface area contributed by atoms with Crippen LogP contribution in [0.5, 0.6) is 0 Å². The van der Waals surface area contributed by atoms with Crippen molar-refractivity contribution in [3.8, 4) is 11.1 Å².